The fraction of sp³-hybridized carbons (Fsp3) is 0.758. The van der Waals surface area contributed by atoms with Crippen molar-refractivity contribution in [2.75, 3.05) is 13.2 Å². The van der Waals surface area contributed by atoms with Crippen LogP contribution >= 0.6 is 7.82 Å². The van der Waals surface area contributed by atoms with Gasteiger partial charge in [0.15, 0.2) is 6.10 Å². The molecular formula is C33H59O8P. The zero-order valence-corrected chi connectivity index (χ0v) is 27.3. The van der Waals surface area contributed by atoms with Crippen molar-refractivity contribution in [3.05, 3.63) is 36.5 Å². The molecule has 42 heavy (non-hydrogen) atoms. The van der Waals surface area contributed by atoms with Crippen molar-refractivity contribution in [3.63, 3.8) is 0 Å². The zero-order chi connectivity index (χ0) is 31.2. The normalized spacial score (nSPS) is 13.0. The molecule has 1 atom stereocenters. The molecule has 0 unspecified atom stereocenters. The molecule has 0 aliphatic rings. The zero-order valence-electron chi connectivity index (χ0n) is 26.4. The SMILES string of the molecule is CCCCC/C=C/C/C=C/C/C=C/CCCCC(=O)OC[C@H](COP(=O)(O)O)OC(=O)CCCCCCCCCCC. The van der Waals surface area contributed by atoms with Gasteiger partial charge >= 0.3 is 19.8 Å². The highest BCUT2D eigenvalue weighted by Gasteiger charge is 2.22. The number of carbonyl (C=O) groups excluding carboxylic acids is 2. The van der Waals surface area contributed by atoms with Crippen LogP contribution in [0, 0.1) is 0 Å². The maximum atomic E-state index is 12.2. The van der Waals surface area contributed by atoms with Gasteiger partial charge in [0, 0.05) is 12.8 Å². The number of phosphoric ester groups is 1. The minimum absolute atomic E-state index is 0.204. The largest absolute Gasteiger partial charge is 0.469 e. The number of allylic oxidation sites excluding steroid dienone is 6. The smallest absolute Gasteiger partial charge is 0.462 e. The predicted octanol–water partition coefficient (Wildman–Crippen LogP) is 9.06. The van der Waals surface area contributed by atoms with Gasteiger partial charge in [0.25, 0.3) is 0 Å². The van der Waals surface area contributed by atoms with Gasteiger partial charge in [-0.3, -0.25) is 14.1 Å². The molecule has 0 radical (unpaired) electrons. The van der Waals surface area contributed by atoms with Gasteiger partial charge < -0.3 is 19.3 Å². The molecule has 0 fully saturated rings. The first kappa shape index (κ1) is 40.3. The monoisotopic (exact) mass is 614 g/mol. The van der Waals surface area contributed by atoms with Gasteiger partial charge in [-0.05, 0) is 51.4 Å². The maximum absolute atomic E-state index is 12.2. The molecule has 0 amide bonds. The Balaban J connectivity index is 4.10. The fourth-order valence-electron chi connectivity index (χ4n) is 4.20. The highest BCUT2D eigenvalue weighted by molar-refractivity contribution is 7.46. The third-order valence-corrected chi connectivity index (χ3v) is 7.15. The van der Waals surface area contributed by atoms with E-state index in [4.69, 9.17) is 19.3 Å². The molecule has 0 saturated heterocycles. The number of unbranched alkanes of at least 4 members (excludes halogenated alkanes) is 13. The Morgan fingerprint density at radius 3 is 1.64 bits per heavy atom. The molecule has 0 rings (SSSR count). The number of hydrogen-bond donors (Lipinski definition) is 2. The standard InChI is InChI=1S/C33H59O8P/c1-3-5-7-9-11-13-14-15-16-17-18-20-21-23-25-27-32(34)39-29-31(30-40-42(36,37)38)41-33(35)28-26-24-22-19-12-10-8-6-4-2/h11,13,15-16,18,20,31H,3-10,12,14,17,19,21-30H2,1-2H3,(H2,36,37,38)/b13-11+,16-15+,20-18+/t31-/m1/s1. The summed E-state index contributed by atoms with van der Waals surface area (Å²) in [5.41, 5.74) is 0. The minimum Gasteiger partial charge on any atom is -0.462 e. The lowest BCUT2D eigenvalue weighted by Crippen LogP contribution is -2.29. The molecule has 0 aliphatic carbocycles. The Hall–Kier alpha value is -1.73. The summed E-state index contributed by atoms with van der Waals surface area (Å²) in [4.78, 5) is 42.4. The van der Waals surface area contributed by atoms with E-state index < -0.39 is 32.5 Å². The second kappa shape index (κ2) is 29.3. The van der Waals surface area contributed by atoms with Gasteiger partial charge in [-0.2, -0.15) is 0 Å². The van der Waals surface area contributed by atoms with Crippen molar-refractivity contribution in [2.45, 2.75) is 148 Å². The molecule has 0 aromatic rings. The lowest BCUT2D eigenvalue weighted by Gasteiger charge is -2.18. The van der Waals surface area contributed by atoms with Crippen molar-refractivity contribution in [1.82, 2.24) is 0 Å². The maximum Gasteiger partial charge on any atom is 0.469 e. The van der Waals surface area contributed by atoms with Crippen molar-refractivity contribution in [1.29, 1.82) is 0 Å². The summed E-state index contributed by atoms with van der Waals surface area (Å²) in [5, 5.41) is 0. The van der Waals surface area contributed by atoms with Crippen LogP contribution in [0.3, 0.4) is 0 Å². The molecule has 0 aromatic heterocycles. The van der Waals surface area contributed by atoms with Crippen LogP contribution < -0.4 is 0 Å². The number of esters is 2. The van der Waals surface area contributed by atoms with Crippen LogP contribution in [0.15, 0.2) is 36.5 Å². The summed E-state index contributed by atoms with van der Waals surface area (Å²) in [7, 11) is -4.75. The van der Waals surface area contributed by atoms with Crippen LogP contribution in [-0.2, 0) is 28.2 Å². The van der Waals surface area contributed by atoms with Gasteiger partial charge in [-0.25, -0.2) is 4.57 Å². The molecule has 0 heterocycles. The second-order valence-electron chi connectivity index (χ2n) is 10.8. The average molecular weight is 615 g/mol. The van der Waals surface area contributed by atoms with Crippen LogP contribution in [0.1, 0.15) is 142 Å². The molecular weight excluding hydrogens is 555 g/mol. The molecule has 2 N–H and O–H groups in total. The van der Waals surface area contributed by atoms with Crippen molar-refractivity contribution < 1.29 is 37.9 Å². The van der Waals surface area contributed by atoms with Gasteiger partial charge in [-0.1, -0.05) is 115 Å². The van der Waals surface area contributed by atoms with Crippen molar-refractivity contribution in [3.8, 4) is 0 Å². The van der Waals surface area contributed by atoms with E-state index in [9.17, 15) is 14.2 Å². The summed E-state index contributed by atoms with van der Waals surface area (Å²) in [6.07, 6.45) is 31.6. The van der Waals surface area contributed by atoms with Crippen LogP contribution in [-0.4, -0.2) is 41.0 Å². The summed E-state index contributed by atoms with van der Waals surface area (Å²) in [6.45, 7) is 3.56. The Bertz CT molecular complexity index is 787. The number of rotatable bonds is 29. The molecule has 0 spiro atoms. The van der Waals surface area contributed by atoms with Crippen molar-refractivity contribution in [2.24, 2.45) is 0 Å². The van der Waals surface area contributed by atoms with Crippen molar-refractivity contribution >= 4 is 19.8 Å². The van der Waals surface area contributed by atoms with E-state index in [1.807, 2.05) is 0 Å². The van der Waals surface area contributed by atoms with E-state index in [0.717, 1.165) is 51.4 Å². The van der Waals surface area contributed by atoms with E-state index in [2.05, 4.69) is 54.8 Å². The lowest BCUT2D eigenvalue weighted by atomic mass is 10.1. The van der Waals surface area contributed by atoms with Gasteiger partial charge in [0.05, 0.1) is 6.61 Å². The van der Waals surface area contributed by atoms with E-state index in [1.165, 1.54) is 51.4 Å². The predicted molar refractivity (Wildman–Crippen MR) is 170 cm³/mol. The summed E-state index contributed by atoms with van der Waals surface area (Å²) in [5.74, 6) is -0.936. The summed E-state index contributed by atoms with van der Waals surface area (Å²) >= 11 is 0. The minimum atomic E-state index is -4.75. The van der Waals surface area contributed by atoms with E-state index in [-0.39, 0.29) is 19.4 Å². The van der Waals surface area contributed by atoms with Gasteiger partial charge in [-0.15, -0.1) is 0 Å². The first-order valence-corrected chi connectivity index (χ1v) is 17.8. The fourth-order valence-corrected chi connectivity index (χ4v) is 4.56. The Morgan fingerprint density at radius 1 is 0.619 bits per heavy atom. The quantitative estimate of drug-likeness (QED) is 0.0371. The number of ether oxygens (including phenoxy) is 2. The van der Waals surface area contributed by atoms with Gasteiger partial charge in [0.2, 0.25) is 0 Å². The first-order chi connectivity index (χ1) is 20.3. The topological polar surface area (TPSA) is 119 Å². The molecule has 9 heteroatoms. The van der Waals surface area contributed by atoms with E-state index >= 15 is 0 Å². The van der Waals surface area contributed by atoms with Crippen LogP contribution in [0.2, 0.25) is 0 Å². The summed E-state index contributed by atoms with van der Waals surface area (Å²) in [6, 6.07) is 0. The third kappa shape index (κ3) is 31.2. The third-order valence-electron chi connectivity index (χ3n) is 6.66. The number of carbonyl (C=O) groups is 2. The van der Waals surface area contributed by atoms with Crippen LogP contribution in [0.5, 0.6) is 0 Å². The molecule has 0 aliphatic heterocycles. The van der Waals surface area contributed by atoms with Crippen LogP contribution in [0.4, 0.5) is 0 Å². The van der Waals surface area contributed by atoms with E-state index in [0.29, 0.717) is 12.8 Å². The first-order valence-electron chi connectivity index (χ1n) is 16.3. The second-order valence-corrected chi connectivity index (χ2v) is 12.0. The lowest BCUT2D eigenvalue weighted by molar-refractivity contribution is -0.161. The molecule has 8 nitrogen and oxygen atoms in total. The highest BCUT2D eigenvalue weighted by atomic mass is 31.2. The molecule has 244 valence electrons. The van der Waals surface area contributed by atoms with Crippen LogP contribution in [0.25, 0.3) is 0 Å². The molecule has 0 aromatic carbocycles. The molecule has 0 saturated carbocycles. The highest BCUT2D eigenvalue weighted by Crippen LogP contribution is 2.35. The van der Waals surface area contributed by atoms with Gasteiger partial charge in [0.1, 0.15) is 6.61 Å². The van der Waals surface area contributed by atoms with E-state index in [1.54, 1.807) is 0 Å². The number of hydrogen-bond acceptors (Lipinski definition) is 6. The Labute approximate surface area is 255 Å². The summed E-state index contributed by atoms with van der Waals surface area (Å²) < 4.78 is 26.1. The molecule has 0 bridgehead atoms. The number of phosphoric acid groups is 1. The Morgan fingerprint density at radius 2 is 1.07 bits per heavy atom. The average Bonchev–Trinajstić information content (AvgIpc) is 2.95. The Kier molecular flexibility index (Phi) is 28.1.